The van der Waals surface area contributed by atoms with Crippen molar-refractivity contribution in [2.24, 2.45) is 5.73 Å². The number of thiazole rings is 1. The van der Waals surface area contributed by atoms with E-state index in [1.165, 1.54) is 60.8 Å². The largest absolute Gasteiger partial charge is 0.476 e. The van der Waals surface area contributed by atoms with E-state index in [2.05, 4.69) is 36.2 Å². The minimum absolute atomic E-state index is 0.00568. The molecule has 1 aliphatic rings. The van der Waals surface area contributed by atoms with E-state index in [1.807, 2.05) is 4.90 Å². The number of thioether (sulfide) groups is 1. The predicted octanol–water partition coefficient (Wildman–Crippen LogP) is 5.14. The number of rotatable bonds is 13. The second kappa shape index (κ2) is 12.4. The van der Waals surface area contributed by atoms with Gasteiger partial charge in [0.1, 0.15) is 0 Å². The van der Waals surface area contributed by atoms with Gasteiger partial charge in [0.2, 0.25) is 5.91 Å². The monoisotopic (exact) mass is 475 g/mol. The Balaban J connectivity index is 1.51. The van der Waals surface area contributed by atoms with Gasteiger partial charge in [-0.1, -0.05) is 68.6 Å². The molecule has 3 N–H and O–H groups in total. The number of aromatic nitrogens is 1. The van der Waals surface area contributed by atoms with E-state index in [0.717, 1.165) is 18.4 Å². The fraction of sp³-hybridized carbons (Fsp3) is 0.542. The second-order valence-corrected chi connectivity index (χ2v) is 10.5. The average Bonchev–Trinajstić information content (AvgIpc) is 3.41. The van der Waals surface area contributed by atoms with Crippen LogP contribution in [0.1, 0.15) is 79.5 Å². The van der Waals surface area contributed by atoms with E-state index in [0.29, 0.717) is 23.1 Å². The molecule has 1 aromatic heterocycles. The first-order valence-electron chi connectivity index (χ1n) is 11.4. The molecule has 1 aromatic carbocycles. The van der Waals surface area contributed by atoms with E-state index < -0.39 is 5.97 Å². The van der Waals surface area contributed by atoms with Crippen LogP contribution in [0.5, 0.6) is 0 Å². The molecule has 0 spiro atoms. The van der Waals surface area contributed by atoms with Crippen LogP contribution >= 0.6 is 23.1 Å². The van der Waals surface area contributed by atoms with Gasteiger partial charge < -0.3 is 15.7 Å². The van der Waals surface area contributed by atoms with Crippen molar-refractivity contribution in [3.05, 3.63) is 46.5 Å². The van der Waals surface area contributed by atoms with Gasteiger partial charge in [0.15, 0.2) is 10.0 Å². The highest BCUT2D eigenvalue weighted by atomic mass is 32.2. The van der Waals surface area contributed by atoms with Gasteiger partial charge in [0, 0.05) is 24.1 Å². The zero-order chi connectivity index (χ0) is 22.9. The van der Waals surface area contributed by atoms with Crippen molar-refractivity contribution in [1.29, 1.82) is 0 Å². The van der Waals surface area contributed by atoms with E-state index in [9.17, 15) is 9.59 Å². The molecule has 2 aromatic rings. The molecule has 1 saturated heterocycles. The Labute approximate surface area is 198 Å². The lowest BCUT2D eigenvalue weighted by Crippen LogP contribution is -2.41. The molecule has 6 nitrogen and oxygen atoms in total. The number of likely N-dealkylation sites (tertiary alicyclic amines) is 1. The summed E-state index contributed by atoms with van der Waals surface area (Å²) in [6.07, 6.45) is 8.80. The summed E-state index contributed by atoms with van der Waals surface area (Å²) in [7, 11) is 0. The van der Waals surface area contributed by atoms with Crippen molar-refractivity contribution in [2.75, 3.05) is 12.3 Å². The second-order valence-electron chi connectivity index (χ2n) is 8.28. The van der Waals surface area contributed by atoms with Crippen molar-refractivity contribution < 1.29 is 14.7 Å². The van der Waals surface area contributed by atoms with Gasteiger partial charge in [-0.15, -0.1) is 11.3 Å². The lowest BCUT2D eigenvalue weighted by atomic mass is 9.96. The topological polar surface area (TPSA) is 96.5 Å². The van der Waals surface area contributed by atoms with Crippen LogP contribution in [-0.2, 0) is 11.2 Å². The SMILES string of the molecule is CCCCCCCc1ccc(C(N)[C@H]2CCC(=O)N2CCSc2nc(C(=O)O)cs2)cc1. The fourth-order valence-corrected chi connectivity index (χ4v) is 5.94. The standard InChI is InChI=1S/C24H33N3O3S2/c1-2-3-4-5-6-7-17-8-10-18(11-9-17)22(25)20-12-13-21(28)27(20)14-15-31-24-26-19(16-32-24)23(29)30/h8-11,16,20,22H,2-7,12-15,25H2,1H3,(H,29,30)/t20-,22?/m1/s1. The van der Waals surface area contributed by atoms with Crippen LogP contribution < -0.4 is 5.73 Å². The average molecular weight is 476 g/mol. The number of aromatic carboxylic acids is 1. The van der Waals surface area contributed by atoms with Crippen molar-refractivity contribution in [3.8, 4) is 0 Å². The quantitative estimate of drug-likeness (QED) is 0.308. The van der Waals surface area contributed by atoms with E-state index >= 15 is 0 Å². The third kappa shape index (κ3) is 6.80. The summed E-state index contributed by atoms with van der Waals surface area (Å²) in [4.78, 5) is 29.4. The molecule has 0 bridgehead atoms. The Kier molecular flexibility index (Phi) is 9.56. The number of carboxylic acids is 1. The number of hydrogen-bond acceptors (Lipinski definition) is 6. The van der Waals surface area contributed by atoms with Crippen LogP contribution in [0.3, 0.4) is 0 Å². The van der Waals surface area contributed by atoms with Crippen LogP contribution in [0.4, 0.5) is 0 Å². The number of carboxylic acid groups (broad SMARTS) is 1. The van der Waals surface area contributed by atoms with Crippen LogP contribution in [0.25, 0.3) is 0 Å². The summed E-state index contributed by atoms with van der Waals surface area (Å²) in [5.41, 5.74) is 9.09. The molecule has 174 valence electrons. The van der Waals surface area contributed by atoms with Crippen molar-refractivity contribution >= 4 is 35.0 Å². The maximum absolute atomic E-state index is 12.5. The molecule has 0 radical (unpaired) electrons. The third-order valence-electron chi connectivity index (χ3n) is 5.98. The molecule has 1 fully saturated rings. The highest BCUT2D eigenvalue weighted by Gasteiger charge is 2.35. The smallest absolute Gasteiger partial charge is 0.355 e. The van der Waals surface area contributed by atoms with Gasteiger partial charge in [-0.2, -0.15) is 0 Å². The first-order valence-corrected chi connectivity index (χ1v) is 13.3. The molecule has 0 aliphatic carbocycles. The van der Waals surface area contributed by atoms with E-state index in [4.69, 9.17) is 10.8 Å². The van der Waals surface area contributed by atoms with Crippen LogP contribution in [-0.4, -0.2) is 45.2 Å². The van der Waals surface area contributed by atoms with Gasteiger partial charge >= 0.3 is 5.97 Å². The molecule has 1 aliphatic heterocycles. The Morgan fingerprint density at radius 3 is 2.72 bits per heavy atom. The number of aryl methyl sites for hydroxylation is 1. The molecule has 0 saturated carbocycles. The van der Waals surface area contributed by atoms with Crippen LogP contribution in [0.2, 0.25) is 0 Å². The van der Waals surface area contributed by atoms with Crippen molar-refractivity contribution in [3.63, 3.8) is 0 Å². The van der Waals surface area contributed by atoms with Gasteiger partial charge in [-0.3, -0.25) is 4.79 Å². The zero-order valence-electron chi connectivity index (χ0n) is 18.7. The summed E-state index contributed by atoms with van der Waals surface area (Å²) >= 11 is 2.80. The van der Waals surface area contributed by atoms with Gasteiger partial charge in [0.25, 0.3) is 0 Å². The summed E-state index contributed by atoms with van der Waals surface area (Å²) in [5.74, 6) is -0.213. The highest BCUT2D eigenvalue weighted by Crippen LogP contribution is 2.30. The maximum atomic E-state index is 12.5. The molecule has 3 rings (SSSR count). The maximum Gasteiger partial charge on any atom is 0.355 e. The Morgan fingerprint density at radius 2 is 2.03 bits per heavy atom. The molecular formula is C24H33N3O3S2. The van der Waals surface area contributed by atoms with Crippen LogP contribution in [0, 0.1) is 0 Å². The van der Waals surface area contributed by atoms with Crippen LogP contribution in [0.15, 0.2) is 34.0 Å². The molecule has 2 atom stereocenters. The summed E-state index contributed by atoms with van der Waals surface area (Å²) in [5, 5.41) is 10.5. The molecule has 1 amide bonds. The number of amides is 1. The molecule has 1 unspecified atom stereocenters. The van der Waals surface area contributed by atoms with Crippen molar-refractivity contribution in [1.82, 2.24) is 9.88 Å². The fourth-order valence-electron chi connectivity index (χ4n) is 4.13. The van der Waals surface area contributed by atoms with E-state index in [1.54, 1.807) is 5.38 Å². The number of carbonyl (C=O) groups excluding carboxylic acids is 1. The normalized spacial score (nSPS) is 17.1. The first kappa shape index (κ1) is 24.7. The minimum atomic E-state index is -1.02. The lowest BCUT2D eigenvalue weighted by Gasteiger charge is -2.29. The summed E-state index contributed by atoms with van der Waals surface area (Å²) < 4.78 is 0.708. The zero-order valence-corrected chi connectivity index (χ0v) is 20.3. The van der Waals surface area contributed by atoms with Crippen molar-refractivity contribution in [2.45, 2.75) is 74.7 Å². The number of unbranched alkanes of at least 4 members (excludes halogenated alkanes) is 4. The predicted molar refractivity (Wildman–Crippen MR) is 130 cm³/mol. The number of benzene rings is 1. The third-order valence-corrected chi connectivity index (χ3v) is 7.98. The molecule has 8 heteroatoms. The molecule has 32 heavy (non-hydrogen) atoms. The highest BCUT2D eigenvalue weighted by molar-refractivity contribution is 8.01. The number of hydrogen-bond donors (Lipinski definition) is 2. The Morgan fingerprint density at radius 1 is 1.28 bits per heavy atom. The summed E-state index contributed by atoms with van der Waals surface area (Å²) in [6, 6.07) is 8.37. The summed E-state index contributed by atoms with van der Waals surface area (Å²) in [6.45, 7) is 2.82. The first-order chi connectivity index (χ1) is 15.5. The van der Waals surface area contributed by atoms with Gasteiger partial charge in [0.05, 0.1) is 12.1 Å². The Bertz CT molecular complexity index is 885. The Hall–Kier alpha value is -1.90. The molecule has 2 heterocycles. The van der Waals surface area contributed by atoms with Gasteiger partial charge in [-0.25, -0.2) is 9.78 Å². The number of carbonyl (C=O) groups is 2. The van der Waals surface area contributed by atoms with Gasteiger partial charge in [-0.05, 0) is 30.4 Å². The van der Waals surface area contributed by atoms with E-state index in [-0.39, 0.29) is 23.7 Å². The minimum Gasteiger partial charge on any atom is -0.476 e. The molecular weight excluding hydrogens is 442 g/mol. The lowest BCUT2D eigenvalue weighted by molar-refractivity contribution is -0.128. The number of nitrogens with zero attached hydrogens (tertiary/aromatic N) is 2. The number of nitrogens with two attached hydrogens (primary N) is 1.